The van der Waals surface area contributed by atoms with Crippen LogP contribution < -0.4 is 4.90 Å². The summed E-state index contributed by atoms with van der Waals surface area (Å²) in [7, 11) is 0. The van der Waals surface area contributed by atoms with Gasteiger partial charge in [-0.05, 0) is 105 Å². The Morgan fingerprint density at radius 3 is 1.39 bits per heavy atom. The molecule has 1 nitrogen and oxygen atoms in total. The fourth-order valence-electron chi connectivity index (χ4n) is 7.92. The van der Waals surface area contributed by atoms with Crippen LogP contribution in [0, 0.1) is 0 Å². The van der Waals surface area contributed by atoms with Gasteiger partial charge >= 0.3 is 0 Å². The molecule has 0 spiro atoms. The first-order chi connectivity index (χ1) is 27.8. The molecule has 0 radical (unpaired) electrons. The van der Waals surface area contributed by atoms with Crippen molar-refractivity contribution in [2.24, 2.45) is 0 Å². The van der Waals surface area contributed by atoms with Crippen molar-refractivity contribution in [2.45, 2.75) is 0 Å². The van der Waals surface area contributed by atoms with E-state index in [2.05, 4.69) is 229 Å². The second-order valence-electron chi connectivity index (χ2n) is 14.1. The molecule has 0 amide bonds. The fourth-order valence-corrected chi connectivity index (χ4v) is 9.01. The van der Waals surface area contributed by atoms with E-state index in [0.29, 0.717) is 0 Å². The van der Waals surface area contributed by atoms with Crippen LogP contribution in [0.2, 0.25) is 0 Å². The summed E-state index contributed by atoms with van der Waals surface area (Å²) < 4.78 is 2.60. The lowest BCUT2D eigenvalue weighted by Crippen LogP contribution is -2.11. The fraction of sp³-hybridized carbons (Fsp3) is 0. The zero-order valence-corrected chi connectivity index (χ0v) is 31.5. The highest BCUT2D eigenvalue weighted by Crippen LogP contribution is 2.46. The van der Waals surface area contributed by atoms with Crippen LogP contribution in [0.5, 0.6) is 0 Å². The Bertz CT molecular complexity index is 2930. The van der Waals surface area contributed by atoms with Crippen molar-refractivity contribution in [3.8, 4) is 55.6 Å². The lowest BCUT2D eigenvalue weighted by Gasteiger charge is -2.29. The van der Waals surface area contributed by atoms with Gasteiger partial charge in [-0.15, -0.1) is 11.3 Å². The van der Waals surface area contributed by atoms with E-state index in [1.54, 1.807) is 0 Å². The topological polar surface area (TPSA) is 3.24 Å². The number of fused-ring (bicyclic) bond motifs is 3. The molecule has 0 bridgehead atoms. The Hall–Kier alpha value is -7.00. The largest absolute Gasteiger partial charge is 0.310 e. The lowest BCUT2D eigenvalue weighted by atomic mass is 9.90. The Labute approximate surface area is 332 Å². The minimum Gasteiger partial charge on any atom is -0.310 e. The normalized spacial score (nSPS) is 11.2. The zero-order chi connectivity index (χ0) is 37.3. The van der Waals surface area contributed by atoms with Crippen LogP contribution in [0.25, 0.3) is 75.8 Å². The molecule has 2 heteroatoms. The van der Waals surface area contributed by atoms with Crippen molar-refractivity contribution < 1.29 is 0 Å². The highest BCUT2D eigenvalue weighted by Gasteiger charge is 2.20. The van der Waals surface area contributed by atoms with Gasteiger partial charge in [0.2, 0.25) is 0 Å². The third kappa shape index (κ3) is 6.36. The zero-order valence-electron chi connectivity index (χ0n) is 30.7. The maximum Gasteiger partial charge on any atom is 0.0540 e. The van der Waals surface area contributed by atoms with E-state index < -0.39 is 0 Å². The second kappa shape index (κ2) is 14.7. The Kier molecular flexibility index (Phi) is 8.79. The lowest BCUT2D eigenvalue weighted by molar-refractivity contribution is 1.29. The van der Waals surface area contributed by atoms with Gasteiger partial charge in [0.05, 0.1) is 5.69 Å². The molecule has 0 unspecified atom stereocenters. The summed E-state index contributed by atoms with van der Waals surface area (Å²) in [5.41, 5.74) is 15.3. The van der Waals surface area contributed by atoms with Crippen molar-refractivity contribution >= 4 is 48.6 Å². The molecule has 10 rings (SSSR count). The van der Waals surface area contributed by atoms with Crippen LogP contribution in [-0.2, 0) is 0 Å². The molecule has 9 aromatic carbocycles. The summed E-state index contributed by atoms with van der Waals surface area (Å²) in [6.07, 6.45) is 0. The molecular formula is C54H37NS. The molecule has 0 aliphatic carbocycles. The first kappa shape index (κ1) is 33.6. The van der Waals surface area contributed by atoms with Gasteiger partial charge in [0.25, 0.3) is 0 Å². The van der Waals surface area contributed by atoms with E-state index in [1.165, 1.54) is 75.8 Å². The molecule has 0 atom stereocenters. The summed E-state index contributed by atoms with van der Waals surface area (Å²) in [6, 6.07) is 81.4. The van der Waals surface area contributed by atoms with E-state index in [9.17, 15) is 0 Å². The van der Waals surface area contributed by atoms with Gasteiger partial charge in [-0.1, -0.05) is 170 Å². The van der Waals surface area contributed by atoms with Crippen molar-refractivity contribution in [2.75, 3.05) is 4.90 Å². The summed E-state index contributed by atoms with van der Waals surface area (Å²) in [5, 5.41) is 2.57. The molecule has 0 saturated heterocycles. The predicted molar refractivity (Wildman–Crippen MR) is 241 cm³/mol. The van der Waals surface area contributed by atoms with Crippen LogP contribution in [0.1, 0.15) is 0 Å². The average molecular weight is 732 g/mol. The van der Waals surface area contributed by atoms with Gasteiger partial charge in [0.1, 0.15) is 0 Å². The van der Waals surface area contributed by atoms with Crippen molar-refractivity contribution in [1.82, 2.24) is 0 Å². The molecule has 264 valence electrons. The highest BCUT2D eigenvalue weighted by molar-refractivity contribution is 7.25. The molecule has 56 heavy (non-hydrogen) atoms. The monoisotopic (exact) mass is 731 g/mol. The third-order valence-electron chi connectivity index (χ3n) is 10.7. The standard InChI is InChI=1S/C54H37NS/c1-5-15-38(16-6-1)39-25-29-45(30-26-39)55(46-31-34-54-51(37-46)48-23-13-14-24-53(48)56-54)52-33-28-44(36-50(52)42-21-11-4-12-22-42)43-27-32-47(40-17-7-2-8-18-40)49(35-43)41-19-9-3-10-20-41/h1-37H. The number of nitrogens with zero attached hydrogens (tertiary/aromatic N) is 1. The van der Waals surface area contributed by atoms with Crippen LogP contribution in [0.3, 0.4) is 0 Å². The Morgan fingerprint density at radius 2 is 0.732 bits per heavy atom. The van der Waals surface area contributed by atoms with Gasteiger partial charge in [-0.2, -0.15) is 0 Å². The summed E-state index contributed by atoms with van der Waals surface area (Å²) in [6.45, 7) is 0. The molecule has 1 aromatic heterocycles. The van der Waals surface area contributed by atoms with Crippen molar-refractivity contribution in [3.63, 3.8) is 0 Å². The number of hydrogen-bond acceptors (Lipinski definition) is 2. The van der Waals surface area contributed by atoms with Gasteiger partial charge in [-0.3, -0.25) is 0 Å². The highest BCUT2D eigenvalue weighted by atomic mass is 32.1. The van der Waals surface area contributed by atoms with Crippen LogP contribution >= 0.6 is 11.3 Å². The molecule has 0 aliphatic rings. The number of hydrogen-bond donors (Lipinski definition) is 0. The first-order valence-electron chi connectivity index (χ1n) is 19.1. The van der Waals surface area contributed by atoms with Gasteiger partial charge in [-0.25, -0.2) is 0 Å². The van der Waals surface area contributed by atoms with Gasteiger partial charge < -0.3 is 4.90 Å². The Morgan fingerprint density at radius 1 is 0.268 bits per heavy atom. The maximum atomic E-state index is 2.43. The molecule has 0 aliphatic heterocycles. The summed E-state index contributed by atoms with van der Waals surface area (Å²) in [4.78, 5) is 2.43. The first-order valence-corrected chi connectivity index (χ1v) is 19.9. The van der Waals surface area contributed by atoms with E-state index in [4.69, 9.17) is 0 Å². The summed E-state index contributed by atoms with van der Waals surface area (Å²) in [5.74, 6) is 0. The molecule has 10 aromatic rings. The number of anilines is 3. The van der Waals surface area contributed by atoms with Gasteiger partial charge in [0, 0.05) is 37.1 Å². The maximum absolute atomic E-state index is 2.43. The summed E-state index contributed by atoms with van der Waals surface area (Å²) >= 11 is 1.85. The Balaban J connectivity index is 1.17. The second-order valence-corrected chi connectivity index (χ2v) is 15.2. The molecular weight excluding hydrogens is 695 g/mol. The molecule has 1 heterocycles. The quantitative estimate of drug-likeness (QED) is 0.150. The molecule has 0 saturated carbocycles. The molecule has 0 fully saturated rings. The number of rotatable bonds is 8. The van der Waals surface area contributed by atoms with E-state index in [-0.39, 0.29) is 0 Å². The smallest absolute Gasteiger partial charge is 0.0540 e. The SMILES string of the molecule is c1ccc(-c2ccc(N(c3ccc4sc5ccccc5c4c3)c3ccc(-c4ccc(-c5ccccc5)c(-c5ccccc5)c4)cc3-c3ccccc3)cc2)cc1. The van der Waals surface area contributed by atoms with Crippen molar-refractivity contribution in [3.05, 3.63) is 224 Å². The van der Waals surface area contributed by atoms with Crippen molar-refractivity contribution in [1.29, 1.82) is 0 Å². The predicted octanol–water partition coefficient (Wildman–Crippen LogP) is 15.9. The third-order valence-corrected chi connectivity index (χ3v) is 11.8. The van der Waals surface area contributed by atoms with E-state index in [1.807, 2.05) is 11.3 Å². The van der Waals surface area contributed by atoms with Gasteiger partial charge in [0.15, 0.2) is 0 Å². The minimum atomic E-state index is 1.10. The number of benzene rings is 9. The van der Waals surface area contributed by atoms with E-state index >= 15 is 0 Å². The minimum absolute atomic E-state index is 1.10. The number of thiophene rings is 1. The van der Waals surface area contributed by atoms with Crippen LogP contribution in [0.15, 0.2) is 224 Å². The molecule has 0 N–H and O–H groups in total. The average Bonchev–Trinajstić information content (AvgIpc) is 3.66. The van der Waals surface area contributed by atoms with Crippen LogP contribution in [-0.4, -0.2) is 0 Å². The van der Waals surface area contributed by atoms with Crippen LogP contribution in [0.4, 0.5) is 17.1 Å². The van der Waals surface area contributed by atoms with E-state index in [0.717, 1.165) is 17.1 Å².